The lowest BCUT2D eigenvalue weighted by Crippen LogP contribution is -2.16. The van der Waals surface area contributed by atoms with Crippen molar-refractivity contribution >= 4 is 5.57 Å². The van der Waals surface area contributed by atoms with Gasteiger partial charge in [0.25, 0.3) is 0 Å². The van der Waals surface area contributed by atoms with Crippen molar-refractivity contribution in [3.8, 4) is 0 Å². The zero-order valence-corrected chi connectivity index (χ0v) is 11.2. The van der Waals surface area contributed by atoms with Crippen LogP contribution in [0.25, 0.3) is 5.57 Å². The maximum absolute atomic E-state index is 5.73. The SMILES string of the molecule is C=CC/C=C1\C(=C/CN)C(C)(C)c2ccccc21. The molecule has 0 amide bonds. The molecule has 0 radical (unpaired) electrons. The van der Waals surface area contributed by atoms with Crippen LogP contribution >= 0.6 is 0 Å². The van der Waals surface area contributed by atoms with Crippen LogP contribution in [0.15, 0.2) is 54.6 Å². The second-order valence-electron chi connectivity index (χ2n) is 5.17. The minimum absolute atomic E-state index is 0.0446. The van der Waals surface area contributed by atoms with Crippen molar-refractivity contribution < 1.29 is 0 Å². The molecule has 0 heterocycles. The number of hydrogen-bond donors (Lipinski definition) is 1. The van der Waals surface area contributed by atoms with Crippen molar-refractivity contribution in [2.24, 2.45) is 5.73 Å². The summed E-state index contributed by atoms with van der Waals surface area (Å²) >= 11 is 0. The summed E-state index contributed by atoms with van der Waals surface area (Å²) in [6.07, 6.45) is 7.22. The van der Waals surface area contributed by atoms with Crippen LogP contribution in [0.5, 0.6) is 0 Å². The first-order valence-corrected chi connectivity index (χ1v) is 6.45. The summed E-state index contributed by atoms with van der Waals surface area (Å²) in [5.41, 5.74) is 11.2. The molecule has 1 aromatic carbocycles. The highest BCUT2D eigenvalue weighted by Gasteiger charge is 2.37. The Labute approximate surface area is 110 Å². The Balaban J connectivity index is 2.63. The van der Waals surface area contributed by atoms with E-state index in [1.54, 1.807) is 0 Å². The molecule has 1 aromatic rings. The van der Waals surface area contributed by atoms with E-state index in [4.69, 9.17) is 5.73 Å². The van der Waals surface area contributed by atoms with Crippen LogP contribution in [0.1, 0.15) is 31.4 Å². The monoisotopic (exact) mass is 239 g/mol. The lowest BCUT2D eigenvalue weighted by molar-refractivity contribution is 0.658. The molecule has 0 atom stereocenters. The third-order valence-electron chi connectivity index (χ3n) is 3.66. The van der Waals surface area contributed by atoms with Gasteiger partial charge in [-0.25, -0.2) is 0 Å². The molecule has 0 bridgehead atoms. The standard InChI is InChI=1S/C17H21N/c1-4-5-8-13-14-9-6-7-10-15(14)17(2,3)16(13)11-12-18/h4,6-11H,1,5,12,18H2,2-3H3/b13-8-,16-11+. The topological polar surface area (TPSA) is 26.0 Å². The summed E-state index contributed by atoms with van der Waals surface area (Å²) in [4.78, 5) is 0. The van der Waals surface area contributed by atoms with Gasteiger partial charge in [-0.3, -0.25) is 0 Å². The first-order valence-electron chi connectivity index (χ1n) is 6.45. The predicted octanol–water partition coefficient (Wildman–Crippen LogP) is 3.82. The highest BCUT2D eigenvalue weighted by Crippen LogP contribution is 2.49. The molecule has 1 nitrogen and oxygen atoms in total. The molecule has 1 heteroatoms. The Morgan fingerprint density at radius 1 is 1.22 bits per heavy atom. The maximum atomic E-state index is 5.73. The molecular weight excluding hydrogens is 218 g/mol. The first kappa shape index (κ1) is 12.8. The number of fused-ring (bicyclic) bond motifs is 1. The fourth-order valence-corrected chi connectivity index (χ4v) is 2.79. The van der Waals surface area contributed by atoms with Crippen LogP contribution in [-0.4, -0.2) is 6.54 Å². The highest BCUT2D eigenvalue weighted by atomic mass is 14.5. The van der Waals surface area contributed by atoms with Gasteiger partial charge in [-0.2, -0.15) is 0 Å². The average Bonchev–Trinajstić information content (AvgIpc) is 2.58. The Morgan fingerprint density at radius 2 is 1.94 bits per heavy atom. The Hall–Kier alpha value is -1.60. The molecule has 0 spiro atoms. The first-order chi connectivity index (χ1) is 8.62. The molecule has 0 aliphatic heterocycles. The van der Waals surface area contributed by atoms with Crippen LogP contribution in [0.2, 0.25) is 0 Å². The fourth-order valence-electron chi connectivity index (χ4n) is 2.79. The van der Waals surface area contributed by atoms with E-state index in [1.807, 2.05) is 6.08 Å². The predicted molar refractivity (Wildman–Crippen MR) is 79.4 cm³/mol. The van der Waals surface area contributed by atoms with E-state index in [1.165, 1.54) is 22.3 Å². The summed E-state index contributed by atoms with van der Waals surface area (Å²) in [7, 11) is 0. The Kier molecular flexibility index (Phi) is 3.53. The van der Waals surface area contributed by atoms with Crippen molar-refractivity contribution in [1.82, 2.24) is 0 Å². The van der Waals surface area contributed by atoms with E-state index in [0.29, 0.717) is 6.54 Å². The highest BCUT2D eigenvalue weighted by molar-refractivity contribution is 5.89. The van der Waals surface area contributed by atoms with E-state index >= 15 is 0 Å². The van der Waals surface area contributed by atoms with Gasteiger partial charge in [-0.15, -0.1) is 6.58 Å². The number of nitrogens with two attached hydrogens (primary N) is 1. The summed E-state index contributed by atoms with van der Waals surface area (Å²) in [5.74, 6) is 0. The van der Waals surface area contributed by atoms with E-state index in [-0.39, 0.29) is 5.41 Å². The largest absolute Gasteiger partial charge is 0.327 e. The molecule has 18 heavy (non-hydrogen) atoms. The minimum atomic E-state index is 0.0446. The van der Waals surface area contributed by atoms with Gasteiger partial charge in [0.05, 0.1) is 0 Å². The van der Waals surface area contributed by atoms with E-state index in [0.717, 1.165) is 6.42 Å². The number of allylic oxidation sites excluding steroid dienone is 4. The summed E-state index contributed by atoms with van der Waals surface area (Å²) in [6, 6.07) is 8.62. The zero-order chi connectivity index (χ0) is 13.2. The van der Waals surface area contributed by atoms with E-state index in [9.17, 15) is 0 Å². The molecule has 2 N–H and O–H groups in total. The average molecular weight is 239 g/mol. The molecule has 0 fully saturated rings. The molecule has 2 rings (SSSR count). The summed E-state index contributed by atoms with van der Waals surface area (Å²) in [5, 5.41) is 0. The zero-order valence-electron chi connectivity index (χ0n) is 11.2. The Morgan fingerprint density at radius 3 is 2.61 bits per heavy atom. The van der Waals surface area contributed by atoms with Crippen LogP contribution < -0.4 is 5.73 Å². The van der Waals surface area contributed by atoms with Crippen LogP contribution in [-0.2, 0) is 5.41 Å². The molecule has 1 aliphatic rings. The van der Waals surface area contributed by atoms with Gasteiger partial charge in [-0.05, 0) is 28.7 Å². The molecule has 0 saturated carbocycles. The molecule has 1 aliphatic carbocycles. The second-order valence-corrected chi connectivity index (χ2v) is 5.17. The normalized spacial score (nSPS) is 21.3. The Bertz CT molecular complexity index is 518. The van der Waals surface area contributed by atoms with Crippen LogP contribution in [0.3, 0.4) is 0 Å². The van der Waals surface area contributed by atoms with Gasteiger partial charge in [0.2, 0.25) is 0 Å². The fraction of sp³-hybridized carbons (Fsp3) is 0.294. The van der Waals surface area contributed by atoms with E-state index < -0.39 is 0 Å². The lowest BCUT2D eigenvalue weighted by atomic mass is 9.82. The van der Waals surface area contributed by atoms with Gasteiger partial charge >= 0.3 is 0 Å². The minimum Gasteiger partial charge on any atom is -0.327 e. The van der Waals surface area contributed by atoms with Gasteiger partial charge in [0.1, 0.15) is 0 Å². The maximum Gasteiger partial charge on any atom is 0.0156 e. The third kappa shape index (κ3) is 1.95. The van der Waals surface area contributed by atoms with Gasteiger partial charge < -0.3 is 5.73 Å². The quantitative estimate of drug-likeness (QED) is 0.797. The van der Waals surface area contributed by atoms with Gasteiger partial charge in [0.15, 0.2) is 0 Å². The van der Waals surface area contributed by atoms with Crippen molar-refractivity contribution in [1.29, 1.82) is 0 Å². The summed E-state index contributed by atoms with van der Waals surface area (Å²) in [6.45, 7) is 8.91. The van der Waals surface area contributed by atoms with Crippen molar-refractivity contribution in [2.75, 3.05) is 6.54 Å². The van der Waals surface area contributed by atoms with E-state index in [2.05, 4.69) is 56.8 Å². The smallest absolute Gasteiger partial charge is 0.0156 e. The lowest BCUT2D eigenvalue weighted by Gasteiger charge is -2.22. The van der Waals surface area contributed by atoms with Gasteiger partial charge in [0, 0.05) is 12.0 Å². The van der Waals surface area contributed by atoms with Crippen LogP contribution in [0, 0.1) is 0 Å². The van der Waals surface area contributed by atoms with Crippen molar-refractivity contribution in [2.45, 2.75) is 25.7 Å². The summed E-state index contributed by atoms with van der Waals surface area (Å²) < 4.78 is 0. The van der Waals surface area contributed by atoms with Crippen molar-refractivity contribution in [3.05, 3.63) is 65.8 Å². The second kappa shape index (κ2) is 4.95. The number of rotatable bonds is 3. The third-order valence-corrected chi connectivity index (χ3v) is 3.66. The molecule has 0 saturated heterocycles. The molecule has 0 aromatic heterocycles. The molecule has 94 valence electrons. The van der Waals surface area contributed by atoms with Gasteiger partial charge in [-0.1, -0.05) is 56.3 Å². The number of benzene rings is 1. The van der Waals surface area contributed by atoms with Crippen molar-refractivity contribution in [3.63, 3.8) is 0 Å². The molecule has 0 unspecified atom stereocenters. The molecular formula is C17H21N. The van der Waals surface area contributed by atoms with Crippen LogP contribution in [0.4, 0.5) is 0 Å². The number of hydrogen-bond acceptors (Lipinski definition) is 1.